The second kappa shape index (κ2) is 9.50. The van der Waals surface area contributed by atoms with Crippen molar-refractivity contribution in [2.45, 2.75) is 26.2 Å². The van der Waals surface area contributed by atoms with E-state index in [1.54, 1.807) is 0 Å². The van der Waals surface area contributed by atoms with Crippen molar-refractivity contribution in [2.24, 2.45) is 5.92 Å². The van der Waals surface area contributed by atoms with Crippen LogP contribution in [0.25, 0.3) is 11.1 Å². The van der Waals surface area contributed by atoms with Gasteiger partial charge in [0.1, 0.15) is 22.9 Å². The molecule has 0 saturated carbocycles. The fraction of sp³-hybridized carbons (Fsp3) is 0.280. The van der Waals surface area contributed by atoms with Crippen molar-refractivity contribution in [2.75, 3.05) is 13.2 Å². The third-order valence-electron chi connectivity index (χ3n) is 5.42. The first-order valence-corrected chi connectivity index (χ1v) is 10.5. The van der Waals surface area contributed by atoms with Crippen molar-refractivity contribution in [3.05, 3.63) is 88.2 Å². The molecule has 0 bridgehead atoms. The molecule has 0 aliphatic carbocycles. The Morgan fingerprint density at radius 3 is 2.03 bits per heavy atom. The average molecular weight is 500 g/mol. The molecular formula is C25H19F7O3. The smallest absolute Gasteiger partial charge is 0.429 e. The normalized spacial score (nSPS) is 18.5. The van der Waals surface area contributed by atoms with Crippen LogP contribution in [0.15, 0.2) is 42.5 Å². The van der Waals surface area contributed by atoms with Gasteiger partial charge in [-0.2, -0.15) is 8.78 Å². The second-order valence-corrected chi connectivity index (χ2v) is 8.31. The van der Waals surface area contributed by atoms with Crippen molar-refractivity contribution in [1.29, 1.82) is 0 Å². The first-order chi connectivity index (χ1) is 16.5. The molecule has 4 rings (SSSR count). The van der Waals surface area contributed by atoms with Crippen molar-refractivity contribution in [1.82, 2.24) is 0 Å². The molecule has 1 aliphatic rings. The van der Waals surface area contributed by atoms with Crippen LogP contribution in [0.1, 0.15) is 29.9 Å². The predicted molar refractivity (Wildman–Crippen MR) is 111 cm³/mol. The summed E-state index contributed by atoms with van der Waals surface area (Å²) in [5, 5.41) is 0. The number of hydrogen-bond acceptors (Lipinski definition) is 3. The molecule has 3 aromatic carbocycles. The Kier molecular flexibility index (Phi) is 6.79. The number of ether oxygens (including phenoxy) is 3. The Labute approximate surface area is 196 Å². The number of hydrogen-bond donors (Lipinski definition) is 0. The van der Waals surface area contributed by atoms with Gasteiger partial charge in [-0.15, -0.1) is 0 Å². The second-order valence-electron chi connectivity index (χ2n) is 8.31. The number of alkyl halides is 2. The number of halogens is 7. The molecule has 35 heavy (non-hydrogen) atoms. The Hall–Kier alpha value is -3.11. The maximum atomic E-state index is 14.9. The monoisotopic (exact) mass is 500 g/mol. The van der Waals surface area contributed by atoms with Crippen LogP contribution in [0.3, 0.4) is 0 Å². The summed E-state index contributed by atoms with van der Waals surface area (Å²) in [6, 6.07) is 5.67. The minimum absolute atomic E-state index is 0.141. The third-order valence-corrected chi connectivity index (χ3v) is 5.42. The maximum absolute atomic E-state index is 14.9. The summed E-state index contributed by atoms with van der Waals surface area (Å²) >= 11 is 0. The lowest BCUT2D eigenvalue weighted by Gasteiger charge is -2.28. The van der Waals surface area contributed by atoms with E-state index in [4.69, 9.17) is 9.47 Å². The van der Waals surface area contributed by atoms with Crippen LogP contribution in [-0.2, 0) is 15.6 Å². The molecule has 0 spiro atoms. The number of aryl methyl sites for hydroxylation is 1. The molecular weight excluding hydrogens is 481 g/mol. The van der Waals surface area contributed by atoms with Gasteiger partial charge in [-0.05, 0) is 48.4 Å². The molecule has 0 N–H and O–H groups in total. The largest absolute Gasteiger partial charge is 0.429 e. The minimum atomic E-state index is -4.20. The molecule has 0 atom stereocenters. The fourth-order valence-electron chi connectivity index (χ4n) is 3.77. The van der Waals surface area contributed by atoms with E-state index < -0.39 is 52.8 Å². The quantitative estimate of drug-likeness (QED) is 0.275. The average Bonchev–Trinajstić information content (AvgIpc) is 2.76. The molecule has 3 nitrogen and oxygen atoms in total. The van der Waals surface area contributed by atoms with Gasteiger partial charge in [-0.1, -0.05) is 13.0 Å². The van der Waals surface area contributed by atoms with Crippen molar-refractivity contribution < 1.29 is 44.9 Å². The van der Waals surface area contributed by atoms with Crippen molar-refractivity contribution in [3.8, 4) is 16.9 Å². The molecule has 10 heteroatoms. The number of benzene rings is 3. The standard InChI is InChI=1S/C25H19F7O3/c1-12-10-33-24(34-11-12)15-5-13(2)22(19(27)8-15)25(31,32)35-16-3-4-17(18(26)9-16)14-6-20(28)23(30)21(29)7-14/h3-9,12,24H,10-11H2,1-2H3. The van der Waals surface area contributed by atoms with E-state index in [0.29, 0.717) is 31.4 Å². The van der Waals surface area contributed by atoms with Crippen LogP contribution in [0.2, 0.25) is 0 Å². The Bertz CT molecular complexity index is 1210. The zero-order chi connectivity index (χ0) is 25.5. The van der Waals surface area contributed by atoms with E-state index >= 15 is 0 Å². The van der Waals surface area contributed by atoms with Gasteiger partial charge in [0.15, 0.2) is 23.7 Å². The lowest BCUT2D eigenvalue weighted by atomic mass is 10.0. The highest BCUT2D eigenvalue weighted by molar-refractivity contribution is 5.65. The predicted octanol–water partition coefficient (Wildman–Crippen LogP) is 7.17. The van der Waals surface area contributed by atoms with Crippen LogP contribution in [0.5, 0.6) is 5.75 Å². The highest BCUT2D eigenvalue weighted by Gasteiger charge is 2.40. The first kappa shape index (κ1) is 25.0. The molecule has 0 amide bonds. The van der Waals surface area contributed by atoms with E-state index in [2.05, 4.69) is 4.74 Å². The van der Waals surface area contributed by atoms with Crippen LogP contribution < -0.4 is 4.74 Å². The summed E-state index contributed by atoms with van der Waals surface area (Å²) in [6.07, 6.45) is -5.09. The minimum Gasteiger partial charge on any atom is -0.429 e. The molecule has 0 aromatic heterocycles. The molecule has 0 radical (unpaired) electrons. The summed E-state index contributed by atoms with van der Waals surface area (Å²) in [5.41, 5.74) is -1.72. The van der Waals surface area contributed by atoms with Gasteiger partial charge in [-0.25, -0.2) is 22.0 Å². The van der Waals surface area contributed by atoms with Crippen molar-refractivity contribution >= 4 is 0 Å². The van der Waals surface area contributed by atoms with Crippen LogP contribution in [0.4, 0.5) is 30.7 Å². The zero-order valence-electron chi connectivity index (χ0n) is 18.5. The zero-order valence-corrected chi connectivity index (χ0v) is 18.5. The Morgan fingerprint density at radius 2 is 1.46 bits per heavy atom. The molecule has 1 saturated heterocycles. The van der Waals surface area contributed by atoms with Crippen LogP contribution in [-0.4, -0.2) is 13.2 Å². The summed E-state index contributed by atoms with van der Waals surface area (Å²) < 4.78 is 115. The van der Waals surface area contributed by atoms with Gasteiger partial charge < -0.3 is 14.2 Å². The molecule has 1 aliphatic heterocycles. The Balaban J connectivity index is 1.59. The van der Waals surface area contributed by atoms with E-state index in [0.717, 1.165) is 18.2 Å². The summed E-state index contributed by atoms with van der Waals surface area (Å²) in [4.78, 5) is 0. The lowest BCUT2D eigenvalue weighted by Crippen LogP contribution is -2.27. The van der Waals surface area contributed by atoms with Gasteiger partial charge in [-0.3, -0.25) is 0 Å². The fourth-order valence-corrected chi connectivity index (χ4v) is 3.77. The highest BCUT2D eigenvalue weighted by atomic mass is 19.3. The topological polar surface area (TPSA) is 27.7 Å². The van der Waals surface area contributed by atoms with E-state index in [1.807, 2.05) is 6.92 Å². The molecule has 186 valence electrons. The Morgan fingerprint density at radius 1 is 0.829 bits per heavy atom. The summed E-state index contributed by atoms with van der Waals surface area (Å²) in [7, 11) is 0. The molecule has 1 fully saturated rings. The van der Waals surface area contributed by atoms with Crippen molar-refractivity contribution in [3.63, 3.8) is 0 Å². The lowest BCUT2D eigenvalue weighted by molar-refractivity contribution is -0.202. The molecule has 0 unspecified atom stereocenters. The molecule has 3 aromatic rings. The van der Waals surface area contributed by atoms with Gasteiger partial charge in [0.25, 0.3) is 0 Å². The van der Waals surface area contributed by atoms with E-state index in [9.17, 15) is 30.7 Å². The molecule has 1 heterocycles. The van der Waals surface area contributed by atoms with Crippen LogP contribution in [0, 0.1) is 41.9 Å². The van der Waals surface area contributed by atoms with E-state index in [-0.39, 0.29) is 28.2 Å². The summed E-state index contributed by atoms with van der Waals surface area (Å²) in [5.74, 6) is -7.79. The van der Waals surface area contributed by atoms with Gasteiger partial charge in [0.2, 0.25) is 0 Å². The van der Waals surface area contributed by atoms with Crippen LogP contribution >= 0.6 is 0 Å². The third kappa shape index (κ3) is 5.13. The van der Waals surface area contributed by atoms with Gasteiger partial charge in [0, 0.05) is 23.1 Å². The SMILES string of the molecule is Cc1cc(C2OCC(C)CO2)cc(F)c1C(F)(F)Oc1ccc(-c2cc(F)c(F)c(F)c2)c(F)c1. The maximum Gasteiger partial charge on any atom is 0.429 e. The van der Waals surface area contributed by atoms with Gasteiger partial charge in [0.05, 0.1) is 13.2 Å². The first-order valence-electron chi connectivity index (χ1n) is 10.5. The number of rotatable bonds is 5. The van der Waals surface area contributed by atoms with Gasteiger partial charge >= 0.3 is 6.11 Å². The highest BCUT2D eigenvalue weighted by Crippen LogP contribution is 2.38. The summed E-state index contributed by atoms with van der Waals surface area (Å²) in [6.45, 7) is 3.89. The van der Waals surface area contributed by atoms with E-state index in [1.165, 1.54) is 13.0 Å².